The summed E-state index contributed by atoms with van der Waals surface area (Å²) in [7, 11) is 0. The lowest BCUT2D eigenvalue weighted by Gasteiger charge is -2.16. The molecule has 0 radical (unpaired) electrons. The van der Waals surface area contributed by atoms with Crippen LogP contribution in [0.3, 0.4) is 0 Å². The molecule has 0 aromatic carbocycles. The van der Waals surface area contributed by atoms with E-state index in [1.807, 2.05) is 0 Å². The van der Waals surface area contributed by atoms with E-state index in [1.165, 1.54) is 0 Å². The first-order valence-electron chi connectivity index (χ1n) is 3.92. The van der Waals surface area contributed by atoms with Crippen LogP contribution >= 0.6 is 0 Å². The maximum atomic E-state index is 11.9. The molecule has 0 aromatic heterocycles. The fraction of sp³-hybridized carbons (Fsp3) is 0.857. The monoisotopic (exact) mass is 215 g/mol. The lowest BCUT2D eigenvalue weighted by atomic mass is 10.2. The van der Waals surface area contributed by atoms with Crippen LogP contribution in [0.2, 0.25) is 0 Å². The Bertz CT molecular complexity index is 195. The van der Waals surface area contributed by atoms with Crippen molar-refractivity contribution in [3.05, 3.63) is 0 Å². The van der Waals surface area contributed by atoms with E-state index in [2.05, 4.69) is 4.74 Å². The van der Waals surface area contributed by atoms with Crippen molar-refractivity contribution in [3.8, 4) is 0 Å². The van der Waals surface area contributed by atoms with Crippen molar-refractivity contribution < 1.29 is 27.8 Å². The van der Waals surface area contributed by atoms with Gasteiger partial charge in [-0.25, -0.2) is 0 Å². The highest BCUT2D eigenvalue weighted by atomic mass is 19.4. The lowest BCUT2D eigenvalue weighted by Crippen LogP contribution is -2.34. The Morgan fingerprint density at radius 3 is 2.43 bits per heavy atom. The van der Waals surface area contributed by atoms with Crippen LogP contribution in [0.1, 0.15) is 13.3 Å². The highest BCUT2D eigenvalue weighted by Crippen LogP contribution is 2.22. The maximum Gasteiger partial charge on any atom is 0.414 e. The normalized spacial score (nSPS) is 16.4. The Morgan fingerprint density at radius 2 is 2.07 bits per heavy atom. The first-order chi connectivity index (χ1) is 6.25. The number of nitrogens with two attached hydrogens (primary N) is 1. The zero-order valence-electron chi connectivity index (χ0n) is 7.54. The Kier molecular flexibility index (Phi) is 4.86. The van der Waals surface area contributed by atoms with E-state index in [0.717, 1.165) is 6.92 Å². The molecule has 3 N–H and O–H groups in total. The van der Waals surface area contributed by atoms with Gasteiger partial charge in [0.1, 0.15) is 6.04 Å². The van der Waals surface area contributed by atoms with Crippen LogP contribution in [0.5, 0.6) is 0 Å². The Hall–Kier alpha value is -0.820. The number of carbonyl (C=O) groups is 1. The molecule has 14 heavy (non-hydrogen) atoms. The Labute approximate surface area is 78.8 Å². The molecule has 0 aliphatic heterocycles. The fourth-order valence-electron chi connectivity index (χ4n) is 0.590. The van der Waals surface area contributed by atoms with Gasteiger partial charge in [0.05, 0.1) is 0 Å². The maximum absolute atomic E-state index is 11.9. The molecule has 0 heterocycles. The molecule has 0 rings (SSSR count). The van der Waals surface area contributed by atoms with Crippen LogP contribution in [-0.2, 0) is 9.53 Å². The molecule has 0 fully saturated rings. The van der Waals surface area contributed by atoms with Crippen LogP contribution in [0.25, 0.3) is 0 Å². The van der Waals surface area contributed by atoms with Gasteiger partial charge >= 0.3 is 12.1 Å². The molecule has 84 valence electrons. The first kappa shape index (κ1) is 13.2. The van der Waals surface area contributed by atoms with Gasteiger partial charge in [0, 0.05) is 6.61 Å². The van der Waals surface area contributed by atoms with Crippen molar-refractivity contribution in [2.45, 2.75) is 31.7 Å². The van der Waals surface area contributed by atoms with Crippen molar-refractivity contribution in [2.24, 2.45) is 5.73 Å². The second-order valence-corrected chi connectivity index (χ2v) is 2.79. The SMILES string of the molecule is CC(OCCC(N)C(=O)O)C(F)(F)F. The summed E-state index contributed by atoms with van der Waals surface area (Å²) >= 11 is 0. The molecule has 0 bridgehead atoms. The summed E-state index contributed by atoms with van der Waals surface area (Å²) in [6, 6.07) is -1.18. The van der Waals surface area contributed by atoms with E-state index < -0.39 is 24.3 Å². The third-order valence-corrected chi connectivity index (χ3v) is 1.57. The second kappa shape index (κ2) is 5.16. The highest BCUT2D eigenvalue weighted by molar-refractivity contribution is 5.72. The fourth-order valence-corrected chi connectivity index (χ4v) is 0.590. The molecule has 0 spiro atoms. The number of alkyl halides is 3. The second-order valence-electron chi connectivity index (χ2n) is 2.79. The molecule has 0 aromatic rings. The molecular weight excluding hydrogens is 203 g/mol. The van der Waals surface area contributed by atoms with Gasteiger partial charge in [-0.05, 0) is 13.3 Å². The summed E-state index contributed by atoms with van der Waals surface area (Å²) < 4.78 is 39.9. The Morgan fingerprint density at radius 1 is 1.57 bits per heavy atom. The molecule has 0 saturated heterocycles. The zero-order valence-corrected chi connectivity index (χ0v) is 7.54. The minimum Gasteiger partial charge on any atom is -0.480 e. The van der Waals surface area contributed by atoms with E-state index in [-0.39, 0.29) is 13.0 Å². The Balaban J connectivity index is 3.70. The number of rotatable bonds is 5. The van der Waals surface area contributed by atoms with Crippen molar-refractivity contribution >= 4 is 5.97 Å². The molecule has 2 atom stereocenters. The highest BCUT2D eigenvalue weighted by Gasteiger charge is 2.36. The van der Waals surface area contributed by atoms with Gasteiger partial charge in [-0.2, -0.15) is 13.2 Å². The molecular formula is C7H12F3NO3. The zero-order chi connectivity index (χ0) is 11.4. The van der Waals surface area contributed by atoms with Gasteiger partial charge < -0.3 is 15.6 Å². The molecule has 0 aliphatic rings. The number of halogens is 3. The molecule has 4 nitrogen and oxygen atoms in total. The predicted molar refractivity (Wildman–Crippen MR) is 41.7 cm³/mol. The van der Waals surface area contributed by atoms with Gasteiger partial charge in [-0.3, -0.25) is 4.79 Å². The molecule has 0 amide bonds. The predicted octanol–water partition coefficient (Wildman–Crippen LogP) is 0.756. The summed E-state index contributed by atoms with van der Waals surface area (Å²) in [4.78, 5) is 10.2. The summed E-state index contributed by atoms with van der Waals surface area (Å²) in [6.45, 7) is 0.528. The van der Waals surface area contributed by atoms with Crippen LogP contribution in [0.4, 0.5) is 13.2 Å². The number of hydrogen-bond acceptors (Lipinski definition) is 3. The van der Waals surface area contributed by atoms with E-state index >= 15 is 0 Å². The van der Waals surface area contributed by atoms with E-state index in [1.54, 1.807) is 0 Å². The first-order valence-corrected chi connectivity index (χ1v) is 3.92. The summed E-state index contributed by atoms with van der Waals surface area (Å²) in [6.07, 6.45) is -6.47. The third kappa shape index (κ3) is 5.03. The largest absolute Gasteiger partial charge is 0.480 e. The average molecular weight is 215 g/mol. The van der Waals surface area contributed by atoms with Crippen molar-refractivity contribution in [1.82, 2.24) is 0 Å². The van der Waals surface area contributed by atoms with E-state index in [4.69, 9.17) is 10.8 Å². The van der Waals surface area contributed by atoms with Crippen LogP contribution in [-0.4, -0.2) is 36.0 Å². The number of carboxylic acids is 1. The number of aliphatic carboxylic acids is 1. The summed E-state index contributed by atoms with van der Waals surface area (Å²) in [5.74, 6) is -1.26. The van der Waals surface area contributed by atoms with Crippen molar-refractivity contribution in [3.63, 3.8) is 0 Å². The van der Waals surface area contributed by atoms with Gasteiger partial charge in [-0.1, -0.05) is 0 Å². The van der Waals surface area contributed by atoms with Crippen LogP contribution in [0, 0.1) is 0 Å². The minimum absolute atomic E-state index is 0.143. The van der Waals surface area contributed by atoms with Crippen LogP contribution < -0.4 is 5.73 Å². The standard InChI is InChI=1S/C7H12F3NO3/c1-4(7(8,9)10)14-3-2-5(11)6(12)13/h4-5H,2-3,11H2,1H3,(H,12,13). The van der Waals surface area contributed by atoms with Gasteiger partial charge in [-0.15, -0.1) is 0 Å². The number of ether oxygens (including phenoxy) is 1. The average Bonchev–Trinajstić information content (AvgIpc) is 2.01. The van der Waals surface area contributed by atoms with Crippen molar-refractivity contribution in [1.29, 1.82) is 0 Å². The molecule has 2 unspecified atom stereocenters. The molecule has 0 aliphatic carbocycles. The topological polar surface area (TPSA) is 72.5 Å². The molecule has 7 heteroatoms. The van der Waals surface area contributed by atoms with Gasteiger partial charge in [0.15, 0.2) is 6.10 Å². The summed E-state index contributed by atoms with van der Waals surface area (Å²) in [5, 5.41) is 8.30. The smallest absolute Gasteiger partial charge is 0.414 e. The van der Waals surface area contributed by atoms with Gasteiger partial charge in [0.2, 0.25) is 0 Å². The third-order valence-electron chi connectivity index (χ3n) is 1.57. The number of carboxylic acid groups (broad SMARTS) is 1. The van der Waals surface area contributed by atoms with E-state index in [9.17, 15) is 18.0 Å². The van der Waals surface area contributed by atoms with E-state index in [0.29, 0.717) is 0 Å². The minimum atomic E-state index is -4.42. The van der Waals surface area contributed by atoms with Crippen molar-refractivity contribution in [2.75, 3.05) is 6.61 Å². The van der Waals surface area contributed by atoms with Crippen LogP contribution in [0.15, 0.2) is 0 Å². The molecule has 0 saturated carbocycles. The lowest BCUT2D eigenvalue weighted by molar-refractivity contribution is -0.214. The quantitative estimate of drug-likeness (QED) is 0.710. The number of hydrogen-bond donors (Lipinski definition) is 2. The summed E-state index contributed by atoms with van der Waals surface area (Å²) in [5.41, 5.74) is 5.05. The van der Waals surface area contributed by atoms with Gasteiger partial charge in [0.25, 0.3) is 0 Å².